The van der Waals surface area contributed by atoms with Crippen LogP contribution in [0, 0.1) is 0 Å². The van der Waals surface area contributed by atoms with Gasteiger partial charge in [-0.2, -0.15) is 0 Å². The third-order valence-corrected chi connectivity index (χ3v) is 2.55. The molecule has 13 heavy (non-hydrogen) atoms. The molecular formula is C10H15N3. The zero-order chi connectivity index (χ0) is 9.10. The van der Waals surface area contributed by atoms with Gasteiger partial charge in [-0.25, -0.2) is 4.98 Å². The van der Waals surface area contributed by atoms with Crippen molar-refractivity contribution in [2.24, 2.45) is 0 Å². The molecule has 1 fully saturated rings. The Hall–Kier alpha value is -1.09. The van der Waals surface area contributed by atoms with Gasteiger partial charge in [-0.05, 0) is 13.0 Å². The highest BCUT2D eigenvalue weighted by molar-refractivity contribution is 5.09. The maximum atomic E-state index is 4.17. The minimum atomic E-state index is 0.641. The zero-order valence-corrected chi connectivity index (χ0v) is 7.74. The Morgan fingerprint density at radius 2 is 2.69 bits per heavy atom. The molecule has 0 saturated carbocycles. The highest BCUT2D eigenvalue weighted by atomic mass is 15.1. The molecule has 1 aliphatic heterocycles. The van der Waals surface area contributed by atoms with Gasteiger partial charge in [-0.15, -0.1) is 6.58 Å². The number of nitrogens with zero attached hydrogens (tertiary/aromatic N) is 2. The lowest BCUT2D eigenvalue weighted by Gasteiger charge is -2.10. The molecule has 0 amide bonds. The van der Waals surface area contributed by atoms with Crippen molar-refractivity contribution in [3.8, 4) is 0 Å². The summed E-state index contributed by atoms with van der Waals surface area (Å²) in [4.78, 5) is 4.17. The first kappa shape index (κ1) is 8.51. The summed E-state index contributed by atoms with van der Waals surface area (Å²) >= 11 is 0. The van der Waals surface area contributed by atoms with Gasteiger partial charge in [0.25, 0.3) is 0 Å². The molecule has 1 saturated heterocycles. The molecule has 2 rings (SSSR count). The highest BCUT2D eigenvalue weighted by Gasteiger charge is 2.19. The van der Waals surface area contributed by atoms with E-state index < -0.39 is 0 Å². The number of aromatic nitrogens is 2. The van der Waals surface area contributed by atoms with Crippen LogP contribution in [0.1, 0.15) is 18.0 Å². The van der Waals surface area contributed by atoms with E-state index in [0.717, 1.165) is 19.6 Å². The fraction of sp³-hybridized carbons (Fsp3) is 0.500. The summed E-state index contributed by atoms with van der Waals surface area (Å²) in [7, 11) is 0. The summed E-state index contributed by atoms with van der Waals surface area (Å²) in [6, 6.07) is 0. The second-order valence-corrected chi connectivity index (χ2v) is 3.45. The first-order valence-electron chi connectivity index (χ1n) is 4.73. The van der Waals surface area contributed by atoms with Gasteiger partial charge in [0.2, 0.25) is 0 Å². The van der Waals surface area contributed by atoms with Crippen LogP contribution in [0.25, 0.3) is 0 Å². The summed E-state index contributed by atoms with van der Waals surface area (Å²) in [6.45, 7) is 6.82. The molecular weight excluding hydrogens is 162 g/mol. The molecule has 3 heteroatoms. The van der Waals surface area contributed by atoms with Crippen LogP contribution in [0.2, 0.25) is 0 Å². The third kappa shape index (κ3) is 1.65. The molecule has 0 spiro atoms. The predicted octanol–water partition coefficient (Wildman–Crippen LogP) is 1.15. The van der Waals surface area contributed by atoms with Crippen LogP contribution >= 0.6 is 0 Å². The van der Waals surface area contributed by atoms with Crippen LogP contribution in [0.4, 0.5) is 0 Å². The van der Waals surface area contributed by atoms with Crippen LogP contribution in [0.15, 0.2) is 25.2 Å². The molecule has 1 aromatic heterocycles. The molecule has 1 unspecified atom stereocenters. The van der Waals surface area contributed by atoms with Crippen molar-refractivity contribution < 1.29 is 0 Å². The molecule has 0 aromatic carbocycles. The summed E-state index contributed by atoms with van der Waals surface area (Å²) in [5.41, 5.74) is 1.34. The second-order valence-electron chi connectivity index (χ2n) is 3.45. The van der Waals surface area contributed by atoms with Crippen LogP contribution in [-0.2, 0) is 6.54 Å². The average molecular weight is 177 g/mol. The molecule has 0 radical (unpaired) electrons. The fourth-order valence-electron chi connectivity index (χ4n) is 1.87. The lowest BCUT2D eigenvalue weighted by atomic mass is 10.1. The van der Waals surface area contributed by atoms with Gasteiger partial charge in [-0.3, -0.25) is 0 Å². The maximum Gasteiger partial charge on any atom is 0.0951 e. The predicted molar refractivity (Wildman–Crippen MR) is 52.7 cm³/mol. The van der Waals surface area contributed by atoms with Gasteiger partial charge in [0.05, 0.1) is 6.33 Å². The largest absolute Gasteiger partial charge is 0.330 e. The van der Waals surface area contributed by atoms with E-state index >= 15 is 0 Å². The molecule has 70 valence electrons. The molecule has 1 atom stereocenters. The zero-order valence-electron chi connectivity index (χ0n) is 7.74. The molecule has 0 aliphatic carbocycles. The summed E-state index contributed by atoms with van der Waals surface area (Å²) in [5.74, 6) is 0.641. The molecule has 1 N–H and O–H groups in total. The number of hydrogen-bond donors (Lipinski definition) is 1. The van der Waals surface area contributed by atoms with Crippen molar-refractivity contribution in [1.29, 1.82) is 0 Å². The van der Waals surface area contributed by atoms with Gasteiger partial charge in [-0.1, -0.05) is 6.08 Å². The number of nitrogens with one attached hydrogen (secondary N) is 1. The Labute approximate surface area is 78.5 Å². The van der Waals surface area contributed by atoms with E-state index in [4.69, 9.17) is 0 Å². The standard InChI is InChI=1S/C10H15N3/c1-2-5-13-8-12-7-10(13)9-3-4-11-6-9/h2,7-9,11H,1,3-6H2. The molecule has 1 aliphatic rings. The maximum absolute atomic E-state index is 4.17. The molecule has 1 aromatic rings. The van der Waals surface area contributed by atoms with E-state index in [1.807, 2.05) is 18.6 Å². The Bertz CT molecular complexity index is 284. The van der Waals surface area contributed by atoms with Crippen LogP contribution < -0.4 is 5.32 Å². The van der Waals surface area contributed by atoms with E-state index in [1.54, 1.807) is 0 Å². The van der Waals surface area contributed by atoms with Gasteiger partial charge in [0, 0.05) is 30.9 Å². The fourth-order valence-corrected chi connectivity index (χ4v) is 1.87. The Morgan fingerprint density at radius 3 is 3.38 bits per heavy atom. The van der Waals surface area contributed by atoms with Gasteiger partial charge in [0.1, 0.15) is 0 Å². The highest BCUT2D eigenvalue weighted by Crippen LogP contribution is 2.21. The van der Waals surface area contributed by atoms with Crippen molar-refractivity contribution in [1.82, 2.24) is 14.9 Å². The summed E-state index contributed by atoms with van der Waals surface area (Å²) < 4.78 is 2.17. The number of rotatable bonds is 3. The smallest absolute Gasteiger partial charge is 0.0951 e. The van der Waals surface area contributed by atoms with E-state index in [0.29, 0.717) is 5.92 Å². The molecule has 0 bridgehead atoms. The molecule has 2 heterocycles. The first-order valence-corrected chi connectivity index (χ1v) is 4.73. The van der Waals surface area contributed by atoms with Crippen molar-refractivity contribution in [2.75, 3.05) is 13.1 Å². The number of hydrogen-bond acceptors (Lipinski definition) is 2. The van der Waals surface area contributed by atoms with Gasteiger partial charge >= 0.3 is 0 Å². The van der Waals surface area contributed by atoms with E-state index in [1.165, 1.54) is 12.1 Å². The Balaban J connectivity index is 2.17. The van der Waals surface area contributed by atoms with Gasteiger partial charge < -0.3 is 9.88 Å². The van der Waals surface area contributed by atoms with Gasteiger partial charge in [0.15, 0.2) is 0 Å². The van der Waals surface area contributed by atoms with Crippen LogP contribution in [0.5, 0.6) is 0 Å². The van der Waals surface area contributed by atoms with E-state index in [2.05, 4.69) is 21.4 Å². The second kappa shape index (κ2) is 3.75. The minimum absolute atomic E-state index is 0.641. The van der Waals surface area contributed by atoms with Crippen molar-refractivity contribution >= 4 is 0 Å². The molecule has 3 nitrogen and oxygen atoms in total. The van der Waals surface area contributed by atoms with Crippen molar-refractivity contribution in [3.63, 3.8) is 0 Å². The summed E-state index contributed by atoms with van der Waals surface area (Å²) in [6.07, 6.45) is 6.99. The monoisotopic (exact) mass is 177 g/mol. The normalized spacial score (nSPS) is 22.0. The first-order chi connectivity index (χ1) is 6.42. The number of allylic oxidation sites excluding steroid dienone is 1. The minimum Gasteiger partial charge on any atom is -0.330 e. The third-order valence-electron chi connectivity index (χ3n) is 2.55. The summed E-state index contributed by atoms with van der Waals surface area (Å²) in [5, 5.41) is 3.36. The quantitative estimate of drug-likeness (QED) is 0.702. The average Bonchev–Trinajstić information content (AvgIpc) is 2.71. The topological polar surface area (TPSA) is 29.9 Å². The Morgan fingerprint density at radius 1 is 1.77 bits per heavy atom. The number of imidazole rings is 1. The lowest BCUT2D eigenvalue weighted by Crippen LogP contribution is -2.11. The van der Waals surface area contributed by atoms with Crippen molar-refractivity contribution in [3.05, 3.63) is 30.9 Å². The Kier molecular flexibility index (Phi) is 2.45. The van der Waals surface area contributed by atoms with E-state index in [9.17, 15) is 0 Å². The van der Waals surface area contributed by atoms with Crippen LogP contribution in [-0.4, -0.2) is 22.6 Å². The van der Waals surface area contributed by atoms with Crippen molar-refractivity contribution in [2.45, 2.75) is 18.9 Å². The SMILES string of the molecule is C=CCn1cncc1C1CCNC1. The van der Waals surface area contributed by atoms with Crippen LogP contribution in [0.3, 0.4) is 0 Å². The lowest BCUT2D eigenvalue weighted by molar-refractivity contribution is 0.661. The van der Waals surface area contributed by atoms with E-state index in [-0.39, 0.29) is 0 Å².